The molecule has 0 saturated heterocycles. The Hall–Kier alpha value is -1.38. The van der Waals surface area contributed by atoms with E-state index in [0.29, 0.717) is 4.90 Å². The lowest BCUT2D eigenvalue weighted by Crippen LogP contribution is -2.24. The summed E-state index contributed by atoms with van der Waals surface area (Å²) in [5, 5.41) is 21.7. The average molecular weight is 350 g/mol. The molecular formula is C13H20ClN3O4S. The Morgan fingerprint density at radius 1 is 1.14 bits per heavy atom. The third kappa shape index (κ3) is 6.17. The molecule has 9 heteroatoms. The van der Waals surface area contributed by atoms with Crippen LogP contribution in [-0.4, -0.2) is 40.1 Å². The molecule has 1 aromatic rings. The van der Waals surface area contributed by atoms with Crippen molar-refractivity contribution in [2.45, 2.75) is 25.2 Å². The number of hydrogen-bond donors (Lipinski definition) is 0. The van der Waals surface area contributed by atoms with Crippen LogP contribution >= 0.6 is 24.2 Å². The summed E-state index contributed by atoms with van der Waals surface area (Å²) in [6.45, 7) is 7.11. The van der Waals surface area contributed by atoms with Crippen molar-refractivity contribution in [2.75, 3.05) is 25.4 Å². The number of nitrogens with zero attached hydrogens (tertiary/aromatic N) is 3. The van der Waals surface area contributed by atoms with Crippen LogP contribution in [0, 0.1) is 20.2 Å². The van der Waals surface area contributed by atoms with E-state index in [1.807, 2.05) is 0 Å². The molecule has 0 spiro atoms. The minimum absolute atomic E-state index is 0. The van der Waals surface area contributed by atoms with Gasteiger partial charge in [-0.05, 0) is 37.9 Å². The minimum Gasteiger partial charge on any atom is -0.304 e. The quantitative estimate of drug-likeness (QED) is 0.292. The van der Waals surface area contributed by atoms with Crippen LogP contribution in [0.2, 0.25) is 0 Å². The van der Waals surface area contributed by atoms with Gasteiger partial charge in [-0.25, -0.2) is 0 Å². The fraction of sp³-hybridized carbons (Fsp3) is 0.538. The molecular weight excluding hydrogens is 330 g/mol. The van der Waals surface area contributed by atoms with Crippen molar-refractivity contribution >= 4 is 35.5 Å². The molecule has 1 aromatic carbocycles. The van der Waals surface area contributed by atoms with Gasteiger partial charge in [0.25, 0.3) is 11.4 Å². The summed E-state index contributed by atoms with van der Waals surface area (Å²) in [7, 11) is 0. The van der Waals surface area contributed by atoms with Crippen molar-refractivity contribution in [3.8, 4) is 0 Å². The van der Waals surface area contributed by atoms with E-state index in [1.165, 1.54) is 23.9 Å². The molecule has 0 aromatic heterocycles. The van der Waals surface area contributed by atoms with Crippen molar-refractivity contribution < 1.29 is 9.85 Å². The number of thioether (sulfide) groups is 1. The molecule has 0 aliphatic heterocycles. The molecule has 124 valence electrons. The zero-order chi connectivity index (χ0) is 15.8. The van der Waals surface area contributed by atoms with Gasteiger partial charge < -0.3 is 4.90 Å². The third-order valence-electron chi connectivity index (χ3n) is 3.12. The first-order chi connectivity index (χ1) is 9.99. The predicted molar refractivity (Wildman–Crippen MR) is 90.1 cm³/mol. The second kappa shape index (κ2) is 10.4. The van der Waals surface area contributed by atoms with Gasteiger partial charge in [-0.1, -0.05) is 13.8 Å². The first-order valence-electron chi connectivity index (χ1n) is 6.77. The Balaban J connectivity index is 0.00000441. The van der Waals surface area contributed by atoms with Gasteiger partial charge in [0, 0.05) is 6.07 Å². The fourth-order valence-corrected chi connectivity index (χ4v) is 2.83. The average Bonchev–Trinajstić information content (AvgIpc) is 2.47. The number of non-ortho nitro benzene ring substituents is 1. The van der Waals surface area contributed by atoms with Crippen molar-refractivity contribution in [2.24, 2.45) is 0 Å². The molecule has 0 atom stereocenters. The molecule has 7 nitrogen and oxygen atoms in total. The number of benzene rings is 1. The van der Waals surface area contributed by atoms with Crippen molar-refractivity contribution in [3.05, 3.63) is 38.4 Å². The number of rotatable bonds is 9. The summed E-state index contributed by atoms with van der Waals surface area (Å²) in [6.07, 6.45) is 0.917. The van der Waals surface area contributed by atoms with E-state index in [-0.39, 0.29) is 23.8 Å². The first-order valence-corrected chi connectivity index (χ1v) is 7.76. The molecule has 0 radical (unpaired) electrons. The Morgan fingerprint density at radius 3 is 2.27 bits per heavy atom. The summed E-state index contributed by atoms with van der Waals surface area (Å²) in [5.41, 5.74) is -0.453. The van der Waals surface area contributed by atoms with Gasteiger partial charge in [-0.3, -0.25) is 20.2 Å². The predicted octanol–water partition coefficient (Wildman–Crippen LogP) is 3.75. The van der Waals surface area contributed by atoms with Crippen LogP contribution in [0.1, 0.15) is 20.3 Å². The van der Waals surface area contributed by atoms with Crippen LogP contribution in [0.5, 0.6) is 0 Å². The molecule has 0 bridgehead atoms. The minimum atomic E-state index is -0.623. The summed E-state index contributed by atoms with van der Waals surface area (Å²) in [4.78, 5) is 23.2. The van der Waals surface area contributed by atoms with Gasteiger partial charge in [0.2, 0.25) is 0 Å². The molecule has 22 heavy (non-hydrogen) atoms. The zero-order valence-corrected chi connectivity index (χ0v) is 14.2. The summed E-state index contributed by atoms with van der Waals surface area (Å²) in [5.74, 6) is 0.745. The molecule has 0 N–H and O–H groups in total. The van der Waals surface area contributed by atoms with Crippen LogP contribution in [0.3, 0.4) is 0 Å². The fourth-order valence-electron chi connectivity index (χ4n) is 1.89. The normalized spacial score (nSPS) is 10.3. The molecule has 0 unspecified atom stereocenters. The maximum atomic E-state index is 11.0. The van der Waals surface area contributed by atoms with E-state index in [4.69, 9.17) is 0 Å². The summed E-state index contributed by atoms with van der Waals surface area (Å²) < 4.78 is 0. The van der Waals surface area contributed by atoms with E-state index in [9.17, 15) is 20.2 Å². The highest BCUT2D eigenvalue weighted by molar-refractivity contribution is 7.99. The van der Waals surface area contributed by atoms with Crippen LogP contribution in [0.25, 0.3) is 0 Å². The van der Waals surface area contributed by atoms with E-state index in [1.54, 1.807) is 0 Å². The number of halogens is 1. The maximum absolute atomic E-state index is 11.0. The number of nitro groups is 2. The smallest absolute Gasteiger partial charge is 0.289 e. The van der Waals surface area contributed by atoms with Crippen LogP contribution in [0.4, 0.5) is 11.4 Å². The monoisotopic (exact) mass is 349 g/mol. The third-order valence-corrected chi connectivity index (χ3v) is 4.27. The number of hydrogen-bond acceptors (Lipinski definition) is 6. The molecule has 0 amide bonds. The highest BCUT2D eigenvalue weighted by Crippen LogP contribution is 2.32. The molecule has 0 fully saturated rings. The van der Waals surface area contributed by atoms with Gasteiger partial charge in [-0.15, -0.1) is 24.2 Å². The molecule has 0 saturated carbocycles. The Labute approximate surface area is 139 Å². The van der Waals surface area contributed by atoms with Gasteiger partial charge >= 0.3 is 0 Å². The van der Waals surface area contributed by atoms with Gasteiger partial charge in [0.05, 0.1) is 20.8 Å². The summed E-state index contributed by atoms with van der Waals surface area (Å²) >= 11 is 1.37. The SMILES string of the molecule is CCN(CC)CCCSc1ccc([N+](=O)[O-])cc1[N+](=O)[O-].Cl. The van der Waals surface area contributed by atoms with Crippen molar-refractivity contribution in [1.82, 2.24) is 4.90 Å². The van der Waals surface area contributed by atoms with Crippen LogP contribution in [-0.2, 0) is 0 Å². The molecule has 0 aliphatic carbocycles. The lowest BCUT2D eigenvalue weighted by Gasteiger charge is -2.17. The van der Waals surface area contributed by atoms with E-state index in [2.05, 4.69) is 18.7 Å². The van der Waals surface area contributed by atoms with Crippen LogP contribution < -0.4 is 0 Å². The van der Waals surface area contributed by atoms with Crippen molar-refractivity contribution in [3.63, 3.8) is 0 Å². The lowest BCUT2D eigenvalue weighted by atomic mass is 10.3. The second-order valence-electron chi connectivity index (χ2n) is 4.40. The van der Waals surface area contributed by atoms with Gasteiger partial charge in [-0.2, -0.15) is 0 Å². The molecule has 0 heterocycles. The highest BCUT2D eigenvalue weighted by atomic mass is 35.5. The largest absolute Gasteiger partial charge is 0.304 e. The summed E-state index contributed by atoms with van der Waals surface area (Å²) in [6, 6.07) is 3.78. The first kappa shape index (κ1) is 20.6. The Bertz CT molecular complexity index is 512. The standard InChI is InChI=1S/C13H19N3O4S.ClH/c1-3-14(4-2)8-5-9-21-13-7-6-11(15(17)18)10-12(13)16(19)20;/h6-7,10H,3-5,8-9H2,1-2H3;1H. The topological polar surface area (TPSA) is 89.5 Å². The second-order valence-corrected chi connectivity index (χ2v) is 5.53. The molecule has 1 rings (SSSR count). The maximum Gasteiger partial charge on any atom is 0.289 e. The Morgan fingerprint density at radius 2 is 1.77 bits per heavy atom. The number of nitro benzene ring substituents is 2. The lowest BCUT2D eigenvalue weighted by molar-refractivity contribution is -0.396. The van der Waals surface area contributed by atoms with Crippen LogP contribution in [0.15, 0.2) is 23.1 Å². The van der Waals surface area contributed by atoms with Gasteiger partial charge in [0.15, 0.2) is 0 Å². The molecule has 0 aliphatic rings. The Kier molecular flexibility index (Phi) is 9.71. The zero-order valence-electron chi connectivity index (χ0n) is 12.6. The van der Waals surface area contributed by atoms with Gasteiger partial charge in [0.1, 0.15) is 0 Å². The highest BCUT2D eigenvalue weighted by Gasteiger charge is 2.19. The van der Waals surface area contributed by atoms with E-state index in [0.717, 1.165) is 37.9 Å². The van der Waals surface area contributed by atoms with Crippen molar-refractivity contribution in [1.29, 1.82) is 0 Å². The van der Waals surface area contributed by atoms with E-state index < -0.39 is 9.85 Å². The van der Waals surface area contributed by atoms with E-state index >= 15 is 0 Å².